The summed E-state index contributed by atoms with van der Waals surface area (Å²) in [6.07, 6.45) is 6.52. The highest BCUT2D eigenvalue weighted by Gasteiger charge is 2.38. The Hall–Kier alpha value is -2.86. The van der Waals surface area contributed by atoms with E-state index in [-0.39, 0.29) is 36.1 Å². The van der Waals surface area contributed by atoms with Crippen molar-refractivity contribution in [1.82, 2.24) is 10.2 Å². The van der Waals surface area contributed by atoms with Gasteiger partial charge < -0.3 is 10.1 Å². The Labute approximate surface area is 179 Å². The summed E-state index contributed by atoms with van der Waals surface area (Å²) >= 11 is 6.31. The summed E-state index contributed by atoms with van der Waals surface area (Å²) in [5, 5.41) is 3.00. The maximum absolute atomic E-state index is 13.7. The number of nitrogens with zero attached hydrogens (tertiary/aromatic N) is 1. The number of hydrogen-bond donors (Lipinski definition) is 1. The topological polar surface area (TPSA) is 58.6 Å². The molecule has 5 nitrogen and oxygen atoms in total. The largest absolute Gasteiger partial charge is 0.487 e. The quantitative estimate of drug-likeness (QED) is 0.520. The first-order valence-corrected chi connectivity index (χ1v) is 10.4. The number of carbonyl (C=O) groups excluding carboxylic acids is 2. The van der Waals surface area contributed by atoms with Gasteiger partial charge >= 0.3 is 6.03 Å². The average molecular weight is 429 g/mol. The fourth-order valence-electron chi connectivity index (χ4n) is 3.88. The molecule has 0 spiro atoms. The first-order valence-electron chi connectivity index (χ1n) is 10.0. The van der Waals surface area contributed by atoms with Crippen molar-refractivity contribution >= 4 is 29.6 Å². The second-order valence-electron chi connectivity index (χ2n) is 7.53. The van der Waals surface area contributed by atoms with Crippen LogP contribution in [0, 0.1) is 5.82 Å². The third-order valence-electron chi connectivity index (χ3n) is 5.46. The van der Waals surface area contributed by atoms with E-state index >= 15 is 0 Å². The van der Waals surface area contributed by atoms with E-state index < -0.39 is 0 Å². The molecule has 2 fully saturated rings. The minimum absolute atomic E-state index is 0.0325. The Morgan fingerprint density at radius 1 is 1.13 bits per heavy atom. The minimum atomic E-state index is -0.367. The number of ether oxygens (including phenoxy) is 1. The molecule has 3 amide bonds. The molecule has 0 unspecified atom stereocenters. The van der Waals surface area contributed by atoms with E-state index in [1.165, 1.54) is 11.0 Å². The summed E-state index contributed by atoms with van der Waals surface area (Å²) in [5.41, 5.74) is 1.33. The highest BCUT2D eigenvalue weighted by Crippen LogP contribution is 2.29. The average Bonchev–Trinajstić information content (AvgIpc) is 3.02. The molecule has 2 aliphatic rings. The third-order valence-corrected chi connectivity index (χ3v) is 5.75. The Kier molecular flexibility index (Phi) is 6.04. The van der Waals surface area contributed by atoms with Gasteiger partial charge in [-0.25, -0.2) is 9.18 Å². The number of imide groups is 1. The van der Waals surface area contributed by atoms with Crippen molar-refractivity contribution < 1.29 is 18.7 Å². The Bertz CT molecular complexity index is 1000. The molecule has 1 aliphatic carbocycles. The predicted molar refractivity (Wildman–Crippen MR) is 112 cm³/mol. The second-order valence-corrected chi connectivity index (χ2v) is 7.93. The van der Waals surface area contributed by atoms with Crippen LogP contribution in [0.3, 0.4) is 0 Å². The van der Waals surface area contributed by atoms with Crippen molar-refractivity contribution in [3.8, 4) is 5.75 Å². The summed E-state index contributed by atoms with van der Waals surface area (Å²) in [5.74, 6) is -0.233. The van der Waals surface area contributed by atoms with Gasteiger partial charge in [-0.15, -0.1) is 0 Å². The van der Waals surface area contributed by atoms with Crippen molar-refractivity contribution in [2.45, 2.75) is 44.8 Å². The minimum Gasteiger partial charge on any atom is -0.487 e. The fourth-order valence-corrected chi connectivity index (χ4v) is 4.12. The number of hydrogen-bond acceptors (Lipinski definition) is 3. The van der Waals surface area contributed by atoms with Crippen LogP contribution < -0.4 is 10.1 Å². The van der Waals surface area contributed by atoms with Crippen molar-refractivity contribution in [2.24, 2.45) is 0 Å². The number of amides is 3. The summed E-state index contributed by atoms with van der Waals surface area (Å²) in [6.45, 7) is 0.0533. The van der Waals surface area contributed by atoms with Crippen LogP contribution in [-0.4, -0.2) is 22.9 Å². The van der Waals surface area contributed by atoms with Crippen LogP contribution in [0.4, 0.5) is 9.18 Å². The molecule has 4 rings (SSSR count). The van der Waals surface area contributed by atoms with Gasteiger partial charge in [-0.2, -0.15) is 0 Å². The van der Waals surface area contributed by atoms with E-state index in [9.17, 15) is 14.0 Å². The van der Waals surface area contributed by atoms with Crippen molar-refractivity contribution in [3.05, 3.63) is 70.1 Å². The maximum Gasteiger partial charge on any atom is 0.329 e. The van der Waals surface area contributed by atoms with Crippen LogP contribution >= 0.6 is 11.6 Å². The SMILES string of the molecule is O=C1N/C(=C\c2ccc(OCc3ccccc3F)c(Cl)c2)C(=O)N1C1CCCCC1. The van der Waals surface area contributed by atoms with Gasteiger partial charge in [0.2, 0.25) is 0 Å². The lowest BCUT2D eigenvalue weighted by Crippen LogP contribution is -2.41. The summed E-state index contributed by atoms with van der Waals surface area (Å²) in [4.78, 5) is 26.4. The number of rotatable bonds is 5. The van der Waals surface area contributed by atoms with E-state index in [1.807, 2.05) is 0 Å². The Morgan fingerprint density at radius 2 is 1.90 bits per heavy atom. The lowest BCUT2D eigenvalue weighted by molar-refractivity contribution is -0.124. The van der Waals surface area contributed by atoms with E-state index in [0.29, 0.717) is 21.9 Å². The molecule has 2 aromatic carbocycles. The fraction of sp³-hybridized carbons (Fsp3) is 0.304. The van der Waals surface area contributed by atoms with Crippen LogP contribution in [-0.2, 0) is 11.4 Å². The molecule has 7 heteroatoms. The van der Waals surface area contributed by atoms with Gasteiger partial charge in [0, 0.05) is 11.6 Å². The monoisotopic (exact) mass is 428 g/mol. The van der Waals surface area contributed by atoms with E-state index in [1.54, 1.807) is 42.5 Å². The second kappa shape index (κ2) is 8.88. The van der Waals surface area contributed by atoms with Crippen LogP contribution in [0.15, 0.2) is 48.2 Å². The molecule has 1 heterocycles. The number of benzene rings is 2. The number of nitrogens with one attached hydrogen (secondary N) is 1. The molecular weight excluding hydrogens is 407 g/mol. The lowest BCUT2D eigenvalue weighted by atomic mass is 9.94. The zero-order valence-corrected chi connectivity index (χ0v) is 17.1. The molecule has 30 heavy (non-hydrogen) atoms. The summed E-state index contributed by atoms with van der Waals surface area (Å²) < 4.78 is 19.4. The van der Waals surface area contributed by atoms with Gasteiger partial charge in [-0.1, -0.05) is 55.1 Å². The molecule has 156 valence electrons. The summed E-state index contributed by atoms with van der Waals surface area (Å²) in [7, 11) is 0. The van der Waals surface area contributed by atoms with Gasteiger partial charge in [0.05, 0.1) is 5.02 Å². The Morgan fingerprint density at radius 3 is 2.63 bits per heavy atom. The molecular formula is C23H22ClFN2O3. The molecule has 0 atom stereocenters. The number of carbonyl (C=O) groups is 2. The third kappa shape index (κ3) is 4.33. The Balaban J connectivity index is 1.46. The molecule has 1 saturated heterocycles. The molecule has 0 bridgehead atoms. The van der Waals surface area contributed by atoms with E-state index in [4.69, 9.17) is 16.3 Å². The van der Waals surface area contributed by atoms with E-state index in [0.717, 1.165) is 32.1 Å². The van der Waals surface area contributed by atoms with Crippen molar-refractivity contribution in [3.63, 3.8) is 0 Å². The maximum atomic E-state index is 13.7. The highest BCUT2D eigenvalue weighted by atomic mass is 35.5. The zero-order valence-electron chi connectivity index (χ0n) is 16.4. The van der Waals surface area contributed by atoms with Gasteiger partial charge in [-0.3, -0.25) is 9.69 Å². The van der Waals surface area contributed by atoms with Crippen LogP contribution in [0.1, 0.15) is 43.2 Å². The molecule has 0 radical (unpaired) electrons. The van der Waals surface area contributed by atoms with Crippen LogP contribution in [0.2, 0.25) is 5.02 Å². The normalized spacial score (nSPS) is 18.7. The molecule has 2 aromatic rings. The first kappa shape index (κ1) is 20.4. The van der Waals surface area contributed by atoms with Crippen molar-refractivity contribution in [2.75, 3.05) is 0 Å². The highest BCUT2D eigenvalue weighted by molar-refractivity contribution is 6.32. The molecule has 1 saturated carbocycles. The number of urea groups is 1. The smallest absolute Gasteiger partial charge is 0.329 e. The van der Waals surface area contributed by atoms with E-state index in [2.05, 4.69) is 5.32 Å². The number of halogens is 2. The van der Waals surface area contributed by atoms with Gasteiger partial charge in [0.1, 0.15) is 23.9 Å². The van der Waals surface area contributed by atoms with Crippen LogP contribution in [0.5, 0.6) is 5.75 Å². The van der Waals surface area contributed by atoms with Gasteiger partial charge in [-0.05, 0) is 42.7 Å². The standard InChI is InChI=1S/C23H22ClFN2O3/c24-18-12-15(10-11-21(18)30-14-16-6-4-5-9-19(16)25)13-20-22(28)27(23(29)26-20)17-7-2-1-3-8-17/h4-6,9-13,17H,1-3,7-8,14H2,(H,26,29)/b20-13-. The van der Waals surface area contributed by atoms with Crippen molar-refractivity contribution in [1.29, 1.82) is 0 Å². The predicted octanol–water partition coefficient (Wildman–Crippen LogP) is 5.28. The lowest BCUT2D eigenvalue weighted by Gasteiger charge is -2.28. The van der Waals surface area contributed by atoms with Crippen LogP contribution in [0.25, 0.3) is 6.08 Å². The van der Waals surface area contributed by atoms with Gasteiger partial charge in [0.25, 0.3) is 5.91 Å². The first-order chi connectivity index (χ1) is 14.5. The summed E-state index contributed by atoms with van der Waals surface area (Å²) in [6, 6.07) is 11.0. The molecule has 1 aliphatic heterocycles. The zero-order chi connectivity index (χ0) is 21.1. The molecule has 1 N–H and O–H groups in total. The molecule has 0 aromatic heterocycles. The van der Waals surface area contributed by atoms with Gasteiger partial charge in [0.15, 0.2) is 0 Å².